The molecule has 1 heterocycles. The fourth-order valence-corrected chi connectivity index (χ4v) is 3.40. The van der Waals surface area contributed by atoms with Crippen molar-refractivity contribution in [3.05, 3.63) is 29.8 Å². The summed E-state index contributed by atoms with van der Waals surface area (Å²) in [6.07, 6.45) is 2.38. The van der Waals surface area contributed by atoms with Gasteiger partial charge in [-0.05, 0) is 43.9 Å². The molecule has 1 saturated heterocycles. The highest BCUT2D eigenvalue weighted by Crippen LogP contribution is 2.21. The number of carbonyl (C=O) groups is 2. The number of carbonyl (C=O) groups excluding carboxylic acids is 2. The van der Waals surface area contributed by atoms with Crippen LogP contribution in [0.5, 0.6) is 5.75 Å². The van der Waals surface area contributed by atoms with E-state index in [4.69, 9.17) is 9.47 Å². The van der Waals surface area contributed by atoms with E-state index in [0.29, 0.717) is 39.4 Å². The fraction of sp³-hybridized carbons (Fsp3) is 0.619. The number of hydrogen-bond acceptors (Lipinski definition) is 4. The number of amides is 3. The van der Waals surface area contributed by atoms with E-state index in [1.54, 1.807) is 14.0 Å². The van der Waals surface area contributed by atoms with Crippen LogP contribution < -0.4 is 10.1 Å². The summed E-state index contributed by atoms with van der Waals surface area (Å²) in [7, 11) is 1.64. The Labute approximate surface area is 168 Å². The Morgan fingerprint density at radius 2 is 1.89 bits per heavy atom. The van der Waals surface area contributed by atoms with Crippen LogP contribution in [0.25, 0.3) is 0 Å². The Hall–Kier alpha value is -2.28. The number of benzene rings is 1. The minimum atomic E-state index is -0.0615. The maximum absolute atomic E-state index is 12.9. The van der Waals surface area contributed by atoms with Crippen LogP contribution in [0.2, 0.25) is 0 Å². The number of rotatable bonds is 9. The van der Waals surface area contributed by atoms with Crippen molar-refractivity contribution in [2.24, 2.45) is 0 Å². The number of hydrogen-bond donors (Lipinski definition) is 1. The van der Waals surface area contributed by atoms with E-state index < -0.39 is 0 Å². The zero-order chi connectivity index (χ0) is 20.4. The van der Waals surface area contributed by atoms with Gasteiger partial charge < -0.3 is 24.6 Å². The highest BCUT2D eigenvalue weighted by Gasteiger charge is 2.28. The Morgan fingerprint density at radius 1 is 1.21 bits per heavy atom. The number of piperidine rings is 1. The largest absolute Gasteiger partial charge is 0.497 e. The second-order valence-electron chi connectivity index (χ2n) is 7.00. The lowest BCUT2D eigenvalue weighted by Crippen LogP contribution is -2.51. The van der Waals surface area contributed by atoms with Crippen molar-refractivity contribution in [1.82, 2.24) is 15.1 Å². The molecule has 1 aliphatic rings. The standard InChI is InChI=1S/C21H33N3O4/c1-4-28-15-5-12-22-21(26)24(16-18-6-8-20(27-3)9-7-18)19-10-13-23(14-11-19)17(2)25/h6-9,19H,4-5,10-16H2,1-3H3,(H,22,26). The molecule has 0 atom stereocenters. The van der Waals surface area contributed by atoms with Gasteiger partial charge in [-0.3, -0.25) is 4.79 Å². The van der Waals surface area contributed by atoms with Crippen LogP contribution >= 0.6 is 0 Å². The molecule has 0 unspecified atom stereocenters. The first-order chi connectivity index (χ1) is 13.5. The molecular formula is C21H33N3O4. The van der Waals surface area contributed by atoms with Crippen LogP contribution in [0.1, 0.15) is 38.7 Å². The zero-order valence-electron chi connectivity index (χ0n) is 17.3. The average Bonchev–Trinajstić information content (AvgIpc) is 2.72. The van der Waals surface area contributed by atoms with Crippen molar-refractivity contribution in [3.8, 4) is 5.75 Å². The Morgan fingerprint density at radius 3 is 2.46 bits per heavy atom. The van der Waals surface area contributed by atoms with Crippen molar-refractivity contribution in [2.75, 3.05) is 40.0 Å². The van der Waals surface area contributed by atoms with E-state index in [1.165, 1.54) is 0 Å². The van der Waals surface area contributed by atoms with Gasteiger partial charge in [0.25, 0.3) is 0 Å². The first-order valence-corrected chi connectivity index (χ1v) is 10.1. The summed E-state index contributed by atoms with van der Waals surface area (Å²) < 4.78 is 10.5. The van der Waals surface area contributed by atoms with E-state index in [2.05, 4.69) is 5.32 Å². The molecule has 0 bridgehead atoms. The lowest BCUT2D eigenvalue weighted by atomic mass is 10.0. The highest BCUT2D eigenvalue weighted by atomic mass is 16.5. The van der Waals surface area contributed by atoms with Gasteiger partial charge in [-0.1, -0.05) is 12.1 Å². The van der Waals surface area contributed by atoms with Crippen LogP contribution in [0.4, 0.5) is 4.79 Å². The third kappa shape index (κ3) is 6.71. The molecule has 1 aliphatic heterocycles. The maximum Gasteiger partial charge on any atom is 0.317 e. The van der Waals surface area contributed by atoms with Crippen LogP contribution in [0.15, 0.2) is 24.3 Å². The minimum absolute atomic E-state index is 0.0615. The smallest absolute Gasteiger partial charge is 0.317 e. The summed E-state index contributed by atoms with van der Waals surface area (Å²) >= 11 is 0. The Balaban J connectivity index is 1.99. The molecule has 28 heavy (non-hydrogen) atoms. The number of ether oxygens (including phenoxy) is 2. The lowest BCUT2D eigenvalue weighted by molar-refractivity contribution is -0.130. The number of methoxy groups -OCH3 is 1. The van der Waals surface area contributed by atoms with Gasteiger partial charge in [0.1, 0.15) is 5.75 Å². The number of nitrogens with one attached hydrogen (secondary N) is 1. The van der Waals surface area contributed by atoms with E-state index in [0.717, 1.165) is 30.6 Å². The average molecular weight is 392 g/mol. The summed E-state index contributed by atoms with van der Waals surface area (Å²) in [5, 5.41) is 3.02. The quantitative estimate of drug-likeness (QED) is 0.657. The monoisotopic (exact) mass is 391 g/mol. The Kier molecular flexibility index (Phi) is 9.07. The van der Waals surface area contributed by atoms with Gasteiger partial charge in [-0.25, -0.2) is 4.79 Å². The second kappa shape index (κ2) is 11.5. The van der Waals surface area contributed by atoms with Crippen molar-refractivity contribution in [3.63, 3.8) is 0 Å². The van der Waals surface area contributed by atoms with Crippen molar-refractivity contribution >= 4 is 11.9 Å². The predicted molar refractivity (Wildman–Crippen MR) is 108 cm³/mol. The van der Waals surface area contributed by atoms with Crippen molar-refractivity contribution in [1.29, 1.82) is 0 Å². The first-order valence-electron chi connectivity index (χ1n) is 10.1. The highest BCUT2D eigenvalue weighted by molar-refractivity contribution is 5.75. The molecule has 7 heteroatoms. The van der Waals surface area contributed by atoms with Crippen LogP contribution in [-0.4, -0.2) is 67.7 Å². The summed E-state index contributed by atoms with van der Waals surface area (Å²) in [6, 6.07) is 7.84. The zero-order valence-corrected chi connectivity index (χ0v) is 17.3. The van der Waals surface area contributed by atoms with Crippen LogP contribution in [0.3, 0.4) is 0 Å². The first kappa shape index (κ1) is 22.0. The van der Waals surface area contributed by atoms with Crippen LogP contribution in [-0.2, 0) is 16.1 Å². The molecular weight excluding hydrogens is 358 g/mol. The van der Waals surface area contributed by atoms with Gasteiger partial charge in [0.15, 0.2) is 0 Å². The molecule has 1 aromatic rings. The summed E-state index contributed by atoms with van der Waals surface area (Å²) in [5.41, 5.74) is 1.05. The predicted octanol–water partition coefficient (Wildman–Crippen LogP) is 2.64. The van der Waals surface area contributed by atoms with Gasteiger partial charge >= 0.3 is 6.03 Å². The molecule has 0 aliphatic carbocycles. The summed E-state index contributed by atoms with van der Waals surface area (Å²) in [4.78, 5) is 28.2. The van der Waals surface area contributed by atoms with E-state index >= 15 is 0 Å². The fourth-order valence-electron chi connectivity index (χ4n) is 3.40. The molecule has 2 rings (SSSR count). The summed E-state index contributed by atoms with van der Waals surface area (Å²) in [5.74, 6) is 0.894. The van der Waals surface area contributed by atoms with Crippen molar-refractivity contribution < 1.29 is 19.1 Å². The molecule has 1 fully saturated rings. The molecule has 1 aromatic carbocycles. The minimum Gasteiger partial charge on any atom is -0.497 e. The Bertz CT molecular complexity index is 613. The molecule has 0 aromatic heterocycles. The maximum atomic E-state index is 12.9. The number of urea groups is 1. The van der Waals surface area contributed by atoms with E-state index in [-0.39, 0.29) is 18.0 Å². The molecule has 0 spiro atoms. The van der Waals surface area contributed by atoms with Gasteiger partial charge in [0.2, 0.25) is 5.91 Å². The molecule has 0 radical (unpaired) electrons. The normalized spacial score (nSPS) is 14.6. The lowest BCUT2D eigenvalue weighted by Gasteiger charge is -2.38. The van der Waals surface area contributed by atoms with Crippen molar-refractivity contribution in [2.45, 2.75) is 45.7 Å². The topological polar surface area (TPSA) is 71.1 Å². The molecule has 3 amide bonds. The van der Waals surface area contributed by atoms with Crippen LogP contribution in [0, 0.1) is 0 Å². The number of likely N-dealkylation sites (tertiary alicyclic amines) is 1. The third-order valence-electron chi connectivity index (χ3n) is 5.07. The van der Waals surface area contributed by atoms with E-state index in [1.807, 2.05) is 41.0 Å². The second-order valence-corrected chi connectivity index (χ2v) is 7.00. The molecule has 7 nitrogen and oxygen atoms in total. The molecule has 1 N–H and O–H groups in total. The van der Waals surface area contributed by atoms with Gasteiger partial charge in [0, 0.05) is 52.4 Å². The summed E-state index contributed by atoms with van der Waals surface area (Å²) in [6.45, 7) is 7.39. The molecule has 156 valence electrons. The molecule has 0 saturated carbocycles. The van der Waals surface area contributed by atoms with Gasteiger partial charge in [0.05, 0.1) is 7.11 Å². The van der Waals surface area contributed by atoms with Gasteiger partial charge in [-0.15, -0.1) is 0 Å². The number of nitrogens with zero attached hydrogens (tertiary/aromatic N) is 2. The third-order valence-corrected chi connectivity index (χ3v) is 5.07. The van der Waals surface area contributed by atoms with Gasteiger partial charge in [-0.2, -0.15) is 0 Å². The SMILES string of the molecule is CCOCCCNC(=O)N(Cc1ccc(OC)cc1)C1CCN(C(C)=O)CC1. The van der Waals surface area contributed by atoms with E-state index in [9.17, 15) is 9.59 Å².